The summed E-state index contributed by atoms with van der Waals surface area (Å²) >= 11 is 3.44. The van der Waals surface area contributed by atoms with Crippen LogP contribution in [0.2, 0.25) is 0 Å². The lowest BCUT2D eigenvalue weighted by atomic mass is 9.73. The Morgan fingerprint density at radius 3 is 2.88 bits per heavy atom. The maximum absolute atomic E-state index is 14.9. The van der Waals surface area contributed by atoms with Gasteiger partial charge < -0.3 is 25.6 Å². The molecule has 3 N–H and O–H groups in total. The zero-order valence-electron chi connectivity index (χ0n) is 19.3. The summed E-state index contributed by atoms with van der Waals surface area (Å²) < 4.78 is 22.2. The van der Waals surface area contributed by atoms with Crippen molar-refractivity contribution < 1.29 is 13.9 Å². The van der Waals surface area contributed by atoms with E-state index in [9.17, 15) is 9.18 Å². The van der Waals surface area contributed by atoms with Gasteiger partial charge in [-0.15, -0.1) is 0 Å². The van der Waals surface area contributed by atoms with E-state index in [0.717, 1.165) is 37.8 Å². The molecule has 8 heteroatoms. The topological polar surface area (TPSA) is 65.6 Å². The summed E-state index contributed by atoms with van der Waals surface area (Å²) in [6.45, 7) is 2.01. The van der Waals surface area contributed by atoms with Crippen LogP contribution in [-0.4, -0.2) is 56.8 Å². The Labute approximate surface area is 204 Å². The predicted octanol–water partition coefficient (Wildman–Crippen LogP) is 4.60. The number of fused-ring (bicyclic) bond motifs is 3. The van der Waals surface area contributed by atoms with Gasteiger partial charge in [0.2, 0.25) is 0 Å². The highest BCUT2D eigenvalue weighted by molar-refractivity contribution is 9.10. The first-order valence-corrected chi connectivity index (χ1v) is 12.6. The normalized spacial score (nSPS) is 28.1. The third-order valence-corrected chi connectivity index (χ3v) is 7.21. The van der Waals surface area contributed by atoms with Gasteiger partial charge in [0.05, 0.1) is 17.9 Å². The number of halogens is 2. The highest BCUT2D eigenvalue weighted by Gasteiger charge is 2.44. The molecule has 0 saturated carbocycles. The molecule has 4 rings (SSSR count). The molecule has 2 amide bonds. The quantitative estimate of drug-likeness (QED) is 0.459. The molecular weight excluding hydrogens is 487 g/mol. The van der Waals surface area contributed by atoms with Crippen LogP contribution in [0.4, 0.5) is 14.9 Å². The molecule has 3 aliphatic rings. The van der Waals surface area contributed by atoms with Gasteiger partial charge in [0.25, 0.3) is 0 Å². The van der Waals surface area contributed by atoms with E-state index in [0.29, 0.717) is 29.2 Å². The molecule has 0 spiro atoms. The zero-order chi connectivity index (χ0) is 23.4. The van der Waals surface area contributed by atoms with Crippen molar-refractivity contribution in [3.63, 3.8) is 0 Å². The molecule has 0 aromatic heterocycles. The number of carbonyl (C=O) groups is 1. The zero-order valence-corrected chi connectivity index (χ0v) is 20.9. The van der Waals surface area contributed by atoms with E-state index >= 15 is 0 Å². The second kappa shape index (κ2) is 11.0. The Hall–Kier alpha value is -1.90. The molecule has 0 radical (unpaired) electrons. The molecule has 1 fully saturated rings. The van der Waals surface area contributed by atoms with Gasteiger partial charge in [-0.1, -0.05) is 40.2 Å². The van der Waals surface area contributed by atoms with Crippen molar-refractivity contribution in [2.75, 3.05) is 39.0 Å². The molecule has 1 aromatic rings. The van der Waals surface area contributed by atoms with Crippen molar-refractivity contribution in [2.24, 2.45) is 11.8 Å². The molecule has 2 heterocycles. The minimum atomic E-state index is -0.265. The fourth-order valence-electron chi connectivity index (χ4n) is 5.13. The van der Waals surface area contributed by atoms with Crippen molar-refractivity contribution in [3.05, 3.63) is 52.3 Å². The first-order valence-electron chi connectivity index (χ1n) is 11.8. The predicted molar refractivity (Wildman–Crippen MR) is 133 cm³/mol. The summed E-state index contributed by atoms with van der Waals surface area (Å²) in [4.78, 5) is 14.3. The molecular formula is C25H34BrFN4O2. The van der Waals surface area contributed by atoms with Crippen LogP contribution in [0.25, 0.3) is 0 Å². The number of nitrogens with one attached hydrogen (secondary N) is 3. The Bertz CT molecular complexity index is 907. The highest BCUT2D eigenvalue weighted by atomic mass is 79.9. The smallest absolute Gasteiger partial charge is 0.314 e. The van der Waals surface area contributed by atoms with E-state index in [1.807, 2.05) is 20.2 Å². The van der Waals surface area contributed by atoms with E-state index in [-0.39, 0.29) is 36.0 Å². The molecule has 2 aliphatic heterocycles. The molecule has 180 valence electrons. The SMILES string of the molecule is CN(C)CCCNC(=O)NC[C@H]1CC[C@@H]2[C@H](O1)c1cc(Br)cc(F)c1N[C@H]2C1C=CC=CC1. The monoisotopic (exact) mass is 520 g/mol. The van der Waals surface area contributed by atoms with Crippen LogP contribution in [-0.2, 0) is 4.74 Å². The molecule has 1 aliphatic carbocycles. The minimum absolute atomic E-state index is 0.103. The summed E-state index contributed by atoms with van der Waals surface area (Å²) in [5, 5.41) is 9.37. The number of hydrogen-bond acceptors (Lipinski definition) is 4. The second-order valence-electron chi connectivity index (χ2n) is 9.45. The van der Waals surface area contributed by atoms with Crippen LogP contribution < -0.4 is 16.0 Å². The van der Waals surface area contributed by atoms with Crippen molar-refractivity contribution in [2.45, 2.75) is 43.9 Å². The molecule has 5 atom stereocenters. The molecule has 0 bridgehead atoms. The number of allylic oxidation sites excluding steroid dienone is 3. The van der Waals surface area contributed by atoms with Crippen LogP contribution >= 0.6 is 15.9 Å². The van der Waals surface area contributed by atoms with Crippen LogP contribution in [0.15, 0.2) is 40.9 Å². The number of amides is 2. The van der Waals surface area contributed by atoms with E-state index < -0.39 is 0 Å². The number of benzene rings is 1. The highest BCUT2D eigenvalue weighted by Crippen LogP contribution is 2.49. The lowest BCUT2D eigenvalue weighted by Crippen LogP contribution is -2.49. The van der Waals surface area contributed by atoms with E-state index in [4.69, 9.17) is 4.74 Å². The largest absolute Gasteiger partial charge is 0.379 e. The summed E-state index contributed by atoms with van der Waals surface area (Å²) in [5.74, 6) is 0.271. The summed E-state index contributed by atoms with van der Waals surface area (Å²) in [5.41, 5.74) is 1.40. The van der Waals surface area contributed by atoms with E-state index in [1.54, 1.807) is 0 Å². The molecule has 1 unspecified atom stereocenters. The average Bonchev–Trinajstić information content (AvgIpc) is 2.80. The van der Waals surface area contributed by atoms with E-state index in [2.05, 4.69) is 61.1 Å². The van der Waals surface area contributed by atoms with Gasteiger partial charge in [-0.05, 0) is 58.5 Å². The summed E-state index contributed by atoms with van der Waals surface area (Å²) in [6, 6.07) is 3.40. The molecule has 6 nitrogen and oxygen atoms in total. The average molecular weight is 521 g/mol. The van der Waals surface area contributed by atoms with Gasteiger partial charge in [0.1, 0.15) is 5.82 Å². The minimum Gasteiger partial charge on any atom is -0.379 e. The van der Waals surface area contributed by atoms with Crippen LogP contribution in [0.3, 0.4) is 0 Å². The fourth-order valence-corrected chi connectivity index (χ4v) is 5.58. The number of rotatable bonds is 7. The lowest BCUT2D eigenvalue weighted by molar-refractivity contribution is -0.0931. The number of carbonyl (C=O) groups excluding carboxylic acids is 1. The van der Waals surface area contributed by atoms with Gasteiger partial charge in [0.15, 0.2) is 0 Å². The van der Waals surface area contributed by atoms with Gasteiger partial charge in [0, 0.05) is 41.0 Å². The third-order valence-electron chi connectivity index (χ3n) is 6.75. The summed E-state index contributed by atoms with van der Waals surface area (Å²) in [7, 11) is 4.03. The first-order chi connectivity index (χ1) is 15.9. The molecule has 33 heavy (non-hydrogen) atoms. The van der Waals surface area contributed by atoms with Gasteiger partial charge in [-0.2, -0.15) is 0 Å². The number of ether oxygens (including phenoxy) is 1. The molecule has 1 saturated heterocycles. The van der Waals surface area contributed by atoms with Crippen LogP contribution in [0, 0.1) is 17.7 Å². The number of urea groups is 1. The van der Waals surface area contributed by atoms with Gasteiger partial charge in [-0.3, -0.25) is 0 Å². The number of nitrogens with zero attached hydrogens (tertiary/aromatic N) is 1. The van der Waals surface area contributed by atoms with Crippen LogP contribution in [0.1, 0.15) is 37.4 Å². The van der Waals surface area contributed by atoms with Gasteiger partial charge >= 0.3 is 6.03 Å². The Morgan fingerprint density at radius 1 is 1.27 bits per heavy atom. The summed E-state index contributed by atoms with van der Waals surface area (Å²) in [6.07, 6.45) is 11.9. The Morgan fingerprint density at radius 2 is 2.12 bits per heavy atom. The van der Waals surface area contributed by atoms with Gasteiger partial charge in [-0.25, -0.2) is 9.18 Å². The molecule has 1 aromatic carbocycles. The number of hydrogen-bond donors (Lipinski definition) is 3. The Balaban J connectivity index is 1.42. The van der Waals surface area contributed by atoms with E-state index in [1.165, 1.54) is 6.07 Å². The van der Waals surface area contributed by atoms with Crippen LogP contribution in [0.5, 0.6) is 0 Å². The lowest BCUT2D eigenvalue weighted by Gasteiger charge is -2.47. The second-order valence-corrected chi connectivity index (χ2v) is 10.4. The Kier molecular flexibility index (Phi) is 8.09. The fraction of sp³-hybridized carbons (Fsp3) is 0.560. The standard InChI is InChI=1S/C25H34BrFN4O2/c1-31(2)12-6-11-28-25(32)29-15-18-9-10-19-22(16-7-4-3-5-8-16)30-23-20(24(19)33-18)13-17(26)14-21(23)27/h3-5,7,13-14,16,18-19,22,24,30H,6,8-12,15H2,1-2H3,(H2,28,29,32)/t16?,18-,19+,22+,24+/m1/s1. The van der Waals surface area contributed by atoms with Crippen molar-refractivity contribution in [1.82, 2.24) is 15.5 Å². The maximum atomic E-state index is 14.9. The van der Waals surface area contributed by atoms with Crippen molar-refractivity contribution in [3.8, 4) is 0 Å². The van der Waals surface area contributed by atoms with Crippen molar-refractivity contribution >= 4 is 27.6 Å². The number of anilines is 1. The third kappa shape index (κ3) is 5.97. The van der Waals surface area contributed by atoms with Crippen molar-refractivity contribution in [1.29, 1.82) is 0 Å². The first kappa shape index (κ1) is 24.2. The maximum Gasteiger partial charge on any atom is 0.314 e.